The first-order valence-electron chi connectivity index (χ1n) is 5.11. The van der Waals surface area contributed by atoms with Gasteiger partial charge in [-0.1, -0.05) is 30.3 Å². The molecule has 1 atom stereocenters. The zero-order valence-electron chi connectivity index (χ0n) is 9.27. The minimum atomic E-state index is -2.68. The number of carboxylic acid groups (broad SMARTS) is 1. The van der Waals surface area contributed by atoms with Crippen LogP contribution in [0.2, 0.25) is 0 Å². The average Bonchev–Trinajstić information content (AvgIpc) is 2.34. The molecule has 0 aliphatic rings. The van der Waals surface area contributed by atoms with Gasteiger partial charge in [-0.15, -0.1) is 0 Å². The molecule has 1 rings (SSSR count). The first-order valence-corrected chi connectivity index (χ1v) is 5.11. The molecule has 0 saturated heterocycles. The van der Waals surface area contributed by atoms with Gasteiger partial charge >= 0.3 is 12.0 Å². The molecular weight excluding hydrogens is 246 g/mol. The fraction of sp³-hybridized carbons (Fsp3) is 0.273. The number of alkyl halides is 2. The molecular formula is C11H12F2N2O3. The lowest BCUT2D eigenvalue weighted by atomic mass is 10.1. The fourth-order valence-electron chi connectivity index (χ4n) is 1.29. The van der Waals surface area contributed by atoms with Crippen molar-refractivity contribution < 1.29 is 23.5 Å². The summed E-state index contributed by atoms with van der Waals surface area (Å²) in [5.74, 6) is -1.27. The molecule has 0 aliphatic heterocycles. The van der Waals surface area contributed by atoms with Crippen LogP contribution in [0.4, 0.5) is 13.6 Å². The second-order valence-corrected chi connectivity index (χ2v) is 3.43. The summed E-state index contributed by atoms with van der Waals surface area (Å²) in [5, 5.41) is 12.9. The summed E-state index contributed by atoms with van der Waals surface area (Å²) in [6.07, 6.45) is -2.68. The van der Waals surface area contributed by atoms with Crippen molar-refractivity contribution in [2.24, 2.45) is 0 Å². The predicted molar refractivity (Wildman–Crippen MR) is 59.4 cm³/mol. The second kappa shape index (κ2) is 6.53. The van der Waals surface area contributed by atoms with Gasteiger partial charge in [0.05, 0.1) is 6.54 Å². The number of urea groups is 1. The van der Waals surface area contributed by atoms with Crippen LogP contribution in [-0.4, -0.2) is 30.1 Å². The number of rotatable bonds is 5. The van der Waals surface area contributed by atoms with E-state index < -0.39 is 31.0 Å². The maximum atomic E-state index is 11.9. The van der Waals surface area contributed by atoms with Crippen molar-refractivity contribution in [2.75, 3.05) is 6.54 Å². The Labute approximate surface area is 102 Å². The molecule has 0 aromatic heterocycles. The number of nitrogens with one attached hydrogen (secondary N) is 2. The Kier molecular flexibility index (Phi) is 5.04. The molecule has 5 nitrogen and oxygen atoms in total. The van der Waals surface area contributed by atoms with Crippen molar-refractivity contribution in [1.82, 2.24) is 10.6 Å². The van der Waals surface area contributed by atoms with Gasteiger partial charge in [-0.05, 0) is 5.56 Å². The van der Waals surface area contributed by atoms with Gasteiger partial charge in [-0.2, -0.15) is 0 Å². The molecule has 0 spiro atoms. The van der Waals surface area contributed by atoms with E-state index in [0.29, 0.717) is 5.56 Å². The minimum absolute atomic E-state index is 0.359. The van der Waals surface area contributed by atoms with Crippen molar-refractivity contribution in [3.05, 3.63) is 35.9 Å². The van der Waals surface area contributed by atoms with Gasteiger partial charge in [0.25, 0.3) is 6.43 Å². The highest BCUT2D eigenvalue weighted by atomic mass is 19.3. The number of carboxylic acids is 1. The molecule has 0 fully saturated rings. The zero-order chi connectivity index (χ0) is 13.5. The van der Waals surface area contributed by atoms with E-state index in [2.05, 4.69) is 5.32 Å². The summed E-state index contributed by atoms with van der Waals surface area (Å²) < 4.78 is 23.7. The summed E-state index contributed by atoms with van der Waals surface area (Å²) in [7, 11) is 0. The summed E-state index contributed by atoms with van der Waals surface area (Å²) >= 11 is 0. The number of benzene rings is 1. The van der Waals surface area contributed by atoms with Gasteiger partial charge in [-0.25, -0.2) is 18.4 Å². The number of halogens is 2. The standard InChI is InChI=1S/C11H12F2N2O3/c12-8(13)6-14-11(18)15-9(10(16)17)7-4-2-1-3-5-7/h1-5,8-9H,6H2,(H,16,17)(H2,14,15,18)/t9-/m1/s1. The van der Waals surface area contributed by atoms with Gasteiger partial charge in [-0.3, -0.25) is 0 Å². The number of hydrogen-bond acceptors (Lipinski definition) is 2. The van der Waals surface area contributed by atoms with E-state index in [0.717, 1.165) is 0 Å². The van der Waals surface area contributed by atoms with E-state index in [1.54, 1.807) is 18.2 Å². The number of aliphatic carboxylic acids is 1. The molecule has 1 aromatic carbocycles. The minimum Gasteiger partial charge on any atom is -0.479 e. The monoisotopic (exact) mass is 258 g/mol. The van der Waals surface area contributed by atoms with Crippen LogP contribution >= 0.6 is 0 Å². The maximum absolute atomic E-state index is 11.9. The first kappa shape index (κ1) is 13.9. The normalized spacial score (nSPS) is 11.9. The molecule has 3 N–H and O–H groups in total. The highest BCUT2D eigenvalue weighted by Crippen LogP contribution is 2.12. The summed E-state index contributed by atoms with van der Waals surface area (Å²) in [6, 6.07) is 5.74. The summed E-state index contributed by atoms with van der Waals surface area (Å²) in [4.78, 5) is 22.2. The Morgan fingerprint density at radius 1 is 1.22 bits per heavy atom. The topological polar surface area (TPSA) is 78.4 Å². The molecule has 0 radical (unpaired) electrons. The van der Waals surface area contributed by atoms with E-state index in [9.17, 15) is 18.4 Å². The molecule has 0 bridgehead atoms. The van der Waals surface area contributed by atoms with Gasteiger partial charge in [0.15, 0.2) is 6.04 Å². The highest BCUT2D eigenvalue weighted by Gasteiger charge is 2.21. The van der Waals surface area contributed by atoms with Crippen molar-refractivity contribution in [2.45, 2.75) is 12.5 Å². The molecule has 0 aliphatic carbocycles. The van der Waals surface area contributed by atoms with Crippen molar-refractivity contribution >= 4 is 12.0 Å². The largest absolute Gasteiger partial charge is 0.479 e. The molecule has 98 valence electrons. The van der Waals surface area contributed by atoms with Crippen LogP contribution < -0.4 is 10.6 Å². The third-order valence-corrected chi connectivity index (χ3v) is 2.07. The second-order valence-electron chi connectivity index (χ2n) is 3.43. The van der Waals surface area contributed by atoms with Crippen molar-refractivity contribution in [1.29, 1.82) is 0 Å². The Morgan fingerprint density at radius 3 is 2.33 bits per heavy atom. The number of carbonyl (C=O) groups excluding carboxylic acids is 1. The van der Waals surface area contributed by atoms with Crippen LogP contribution in [0, 0.1) is 0 Å². The molecule has 7 heteroatoms. The van der Waals surface area contributed by atoms with Crippen molar-refractivity contribution in [3.8, 4) is 0 Å². The highest BCUT2D eigenvalue weighted by molar-refractivity contribution is 5.83. The molecule has 18 heavy (non-hydrogen) atoms. The Hall–Kier alpha value is -2.18. The van der Waals surface area contributed by atoms with Crippen LogP contribution in [0.3, 0.4) is 0 Å². The zero-order valence-corrected chi connectivity index (χ0v) is 9.27. The SMILES string of the molecule is O=C(NCC(F)F)N[C@@H](C(=O)O)c1ccccc1. The molecule has 1 aromatic rings. The smallest absolute Gasteiger partial charge is 0.330 e. The Morgan fingerprint density at radius 2 is 1.83 bits per heavy atom. The molecule has 0 unspecified atom stereocenters. The van der Waals surface area contributed by atoms with Crippen LogP contribution in [-0.2, 0) is 4.79 Å². The fourth-order valence-corrected chi connectivity index (χ4v) is 1.29. The average molecular weight is 258 g/mol. The van der Waals surface area contributed by atoms with Crippen LogP contribution in [0.5, 0.6) is 0 Å². The van der Waals surface area contributed by atoms with E-state index >= 15 is 0 Å². The van der Waals surface area contributed by atoms with Crippen LogP contribution in [0.1, 0.15) is 11.6 Å². The first-order chi connectivity index (χ1) is 8.50. The van der Waals surface area contributed by atoms with Crippen molar-refractivity contribution in [3.63, 3.8) is 0 Å². The predicted octanol–water partition coefficient (Wildman–Crippen LogP) is 1.38. The van der Waals surface area contributed by atoms with Gasteiger partial charge < -0.3 is 15.7 Å². The lowest BCUT2D eigenvalue weighted by Gasteiger charge is -2.15. The van der Waals surface area contributed by atoms with Gasteiger partial charge in [0.2, 0.25) is 0 Å². The van der Waals surface area contributed by atoms with E-state index in [4.69, 9.17) is 5.11 Å². The lowest BCUT2D eigenvalue weighted by molar-refractivity contribution is -0.139. The quantitative estimate of drug-likeness (QED) is 0.746. The molecule has 0 heterocycles. The van der Waals surface area contributed by atoms with Gasteiger partial charge in [0, 0.05) is 0 Å². The summed E-state index contributed by atoms with van der Waals surface area (Å²) in [5.41, 5.74) is 0.359. The Bertz CT molecular complexity index is 412. The Balaban J connectivity index is 2.65. The summed E-state index contributed by atoms with van der Waals surface area (Å²) in [6.45, 7) is -0.826. The van der Waals surface area contributed by atoms with E-state index in [-0.39, 0.29) is 0 Å². The maximum Gasteiger partial charge on any atom is 0.330 e. The van der Waals surface area contributed by atoms with E-state index in [1.165, 1.54) is 12.1 Å². The lowest BCUT2D eigenvalue weighted by Crippen LogP contribution is -2.42. The molecule has 2 amide bonds. The number of amides is 2. The third-order valence-electron chi connectivity index (χ3n) is 2.07. The number of carbonyl (C=O) groups is 2. The molecule has 0 saturated carbocycles. The van der Waals surface area contributed by atoms with E-state index in [1.807, 2.05) is 5.32 Å². The number of hydrogen-bond donors (Lipinski definition) is 3. The van der Waals surface area contributed by atoms with Gasteiger partial charge in [0.1, 0.15) is 0 Å². The third kappa shape index (κ3) is 4.36. The van der Waals surface area contributed by atoms with Crippen LogP contribution in [0.15, 0.2) is 30.3 Å². The van der Waals surface area contributed by atoms with Crippen LogP contribution in [0.25, 0.3) is 0 Å².